The number of halogens is 1. The molecule has 0 bridgehead atoms. The molecule has 0 heterocycles. The Kier molecular flexibility index (Phi) is 6.80. The van der Waals surface area contributed by atoms with Gasteiger partial charge in [-0.05, 0) is 31.0 Å². The number of hydrogen-bond donors (Lipinski definition) is 0. The van der Waals surface area contributed by atoms with Gasteiger partial charge in [-0.15, -0.1) is 0 Å². The van der Waals surface area contributed by atoms with Gasteiger partial charge in [0.05, 0.1) is 13.7 Å². The summed E-state index contributed by atoms with van der Waals surface area (Å²) >= 11 is 3.38. The Morgan fingerprint density at radius 3 is 2.67 bits per heavy atom. The molecule has 0 amide bonds. The normalized spacial score (nSPS) is 10.2. The summed E-state index contributed by atoms with van der Waals surface area (Å²) in [5.74, 6) is 1.42. The van der Waals surface area contributed by atoms with E-state index in [0.717, 1.165) is 18.2 Å². The monoisotopic (exact) mass is 314 g/mol. The molecule has 18 heavy (non-hydrogen) atoms. The van der Waals surface area contributed by atoms with Gasteiger partial charge < -0.3 is 9.47 Å². The number of alkyl halides is 1. The average Bonchev–Trinajstić information content (AvgIpc) is 2.42. The average molecular weight is 315 g/mol. The lowest BCUT2D eigenvalue weighted by molar-refractivity contribution is 0.0987. The molecule has 0 spiro atoms. The molecule has 4 heteroatoms. The number of ether oxygens (including phenoxy) is 2. The Morgan fingerprint density at radius 1 is 1.28 bits per heavy atom. The van der Waals surface area contributed by atoms with E-state index in [1.807, 2.05) is 6.92 Å². The molecule has 0 aromatic heterocycles. The number of hydrogen-bond acceptors (Lipinski definition) is 3. The summed E-state index contributed by atoms with van der Waals surface area (Å²) < 4.78 is 10.9. The zero-order valence-corrected chi connectivity index (χ0v) is 12.5. The summed E-state index contributed by atoms with van der Waals surface area (Å²) in [4.78, 5) is 11.6. The van der Waals surface area contributed by atoms with E-state index in [4.69, 9.17) is 9.47 Å². The second kappa shape index (κ2) is 8.14. The molecule has 1 aromatic carbocycles. The minimum absolute atomic E-state index is 0.110. The van der Waals surface area contributed by atoms with Crippen molar-refractivity contribution in [1.82, 2.24) is 0 Å². The van der Waals surface area contributed by atoms with Crippen LogP contribution in [0, 0.1) is 0 Å². The van der Waals surface area contributed by atoms with Crippen molar-refractivity contribution in [2.24, 2.45) is 0 Å². The van der Waals surface area contributed by atoms with Gasteiger partial charge in [-0.3, -0.25) is 4.79 Å². The Hall–Kier alpha value is -1.03. The highest BCUT2D eigenvalue weighted by molar-refractivity contribution is 9.09. The number of benzene rings is 1. The van der Waals surface area contributed by atoms with E-state index in [-0.39, 0.29) is 5.78 Å². The van der Waals surface area contributed by atoms with Crippen molar-refractivity contribution in [2.45, 2.75) is 26.2 Å². The summed E-state index contributed by atoms with van der Waals surface area (Å²) in [5, 5.41) is 0.984. The van der Waals surface area contributed by atoms with Gasteiger partial charge in [0.15, 0.2) is 17.3 Å². The van der Waals surface area contributed by atoms with Crippen LogP contribution >= 0.6 is 15.9 Å². The third-order valence-electron chi connectivity index (χ3n) is 2.59. The lowest BCUT2D eigenvalue weighted by atomic mass is 10.1. The van der Waals surface area contributed by atoms with E-state index in [1.165, 1.54) is 0 Å². The lowest BCUT2D eigenvalue weighted by Gasteiger charge is -2.11. The Morgan fingerprint density at radius 2 is 2.06 bits per heavy atom. The maximum Gasteiger partial charge on any atom is 0.162 e. The molecule has 0 aliphatic rings. The van der Waals surface area contributed by atoms with Crippen molar-refractivity contribution in [3.63, 3.8) is 0 Å². The number of Topliss-reactive ketones (excluding diaryl/α,β-unsaturated/α-hetero) is 1. The van der Waals surface area contributed by atoms with Gasteiger partial charge >= 0.3 is 0 Å². The second-order valence-electron chi connectivity index (χ2n) is 3.89. The summed E-state index contributed by atoms with van der Waals surface area (Å²) in [5.41, 5.74) is 0.669. The molecule has 0 aliphatic carbocycles. The first-order valence-corrected chi connectivity index (χ1v) is 7.25. The molecule has 1 aromatic rings. The number of unbranched alkanes of at least 4 members (excludes halogenated alkanes) is 1. The van der Waals surface area contributed by atoms with E-state index < -0.39 is 0 Å². The quantitative estimate of drug-likeness (QED) is 0.415. The molecule has 0 unspecified atom stereocenters. The van der Waals surface area contributed by atoms with Gasteiger partial charge in [-0.1, -0.05) is 22.9 Å². The van der Waals surface area contributed by atoms with E-state index in [9.17, 15) is 4.79 Å². The maximum absolute atomic E-state index is 11.6. The van der Waals surface area contributed by atoms with Crippen LogP contribution in [-0.4, -0.2) is 24.8 Å². The number of carbonyl (C=O) groups is 1. The topological polar surface area (TPSA) is 35.5 Å². The molecule has 0 saturated carbocycles. The van der Waals surface area contributed by atoms with Gasteiger partial charge in [0.1, 0.15) is 0 Å². The molecule has 0 radical (unpaired) electrons. The molecule has 0 fully saturated rings. The Bertz CT molecular complexity index is 391. The van der Waals surface area contributed by atoms with E-state index in [1.54, 1.807) is 25.3 Å². The minimum Gasteiger partial charge on any atom is -0.493 e. The molecule has 1 rings (SSSR count). The highest BCUT2D eigenvalue weighted by Gasteiger charge is 2.09. The van der Waals surface area contributed by atoms with Crippen LogP contribution in [0.15, 0.2) is 18.2 Å². The zero-order chi connectivity index (χ0) is 13.4. The first-order chi connectivity index (χ1) is 8.72. The molecule has 0 saturated heterocycles. The number of rotatable bonds is 8. The fraction of sp³-hybridized carbons (Fsp3) is 0.500. The van der Waals surface area contributed by atoms with Gasteiger partial charge in [0.25, 0.3) is 0 Å². The highest BCUT2D eigenvalue weighted by atomic mass is 79.9. The van der Waals surface area contributed by atoms with Crippen molar-refractivity contribution in [3.05, 3.63) is 23.8 Å². The van der Waals surface area contributed by atoms with Gasteiger partial charge in [0, 0.05) is 17.3 Å². The van der Waals surface area contributed by atoms with Gasteiger partial charge in [0.2, 0.25) is 0 Å². The predicted molar refractivity (Wildman–Crippen MR) is 76.1 cm³/mol. The van der Waals surface area contributed by atoms with E-state index >= 15 is 0 Å². The summed E-state index contributed by atoms with van der Waals surface area (Å²) in [6.45, 7) is 2.50. The molecular formula is C14H19BrO3. The zero-order valence-electron chi connectivity index (χ0n) is 10.9. The number of methoxy groups -OCH3 is 1. The van der Waals surface area contributed by atoms with Crippen LogP contribution < -0.4 is 9.47 Å². The second-order valence-corrected chi connectivity index (χ2v) is 4.68. The standard InChI is InChI=1S/C14H19BrO3/c1-3-12(16)11-6-7-13(14(10-11)17-2)18-9-5-4-8-15/h6-7,10H,3-5,8-9H2,1-2H3. The van der Waals surface area contributed by atoms with Crippen LogP contribution in [-0.2, 0) is 0 Å². The van der Waals surface area contributed by atoms with E-state index in [0.29, 0.717) is 30.1 Å². The van der Waals surface area contributed by atoms with Crippen LogP contribution in [0.2, 0.25) is 0 Å². The van der Waals surface area contributed by atoms with Crippen LogP contribution in [0.5, 0.6) is 11.5 Å². The lowest BCUT2D eigenvalue weighted by Crippen LogP contribution is -2.02. The van der Waals surface area contributed by atoms with Crippen molar-refractivity contribution in [3.8, 4) is 11.5 Å². The van der Waals surface area contributed by atoms with Crippen LogP contribution in [0.4, 0.5) is 0 Å². The molecular weight excluding hydrogens is 296 g/mol. The van der Waals surface area contributed by atoms with Crippen molar-refractivity contribution in [2.75, 3.05) is 19.0 Å². The number of ketones is 1. The number of carbonyl (C=O) groups excluding carboxylic acids is 1. The smallest absolute Gasteiger partial charge is 0.162 e. The van der Waals surface area contributed by atoms with Gasteiger partial charge in [-0.25, -0.2) is 0 Å². The maximum atomic E-state index is 11.6. The Balaban J connectivity index is 2.71. The fourth-order valence-electron chi connectivity index (χ4n) is 1.54. The van der Waals surface area contributed by atoms with Crippen molar-refractivity contribution >= 4 is 21.7 Å². The van der Waals surface area contributed by atoms with E-state index in [2.05, 4.69) is 15.9 Å². The predicted octanol–water partition coefficient (Wildman–Crippen LogP) is 3.84. The molecule has 0 atom stereocenters. The summed E-state index contributed by atoms with van der Waals surface area (Å²) in [6, 6.07) is 5.33. The largest absolute Gasteiger partial charge is 0.493 e. The summed E-state index contributed by atoms with van der Waals surface area (Å²) in [7, 11) is 1.58. The van der Waals surface area contributed by atoms with Crippen LogP contribution in [0.3, 0.4) is 0 Å². The first kappa shape index (κ1) is 15.0. The third-order valence-corrected chi connectivity index (χ3v) is 3.15. The molecule has 0 aliphatic heterocycles. The highest BCUT2D eigenvalue weighted by Crippen LogP contribution is 2.28. The van der Waals surface area contributed by atoms with Crippen LogP contribution in [0.25, 0.3) is 0 Å². The van der Waals surface area contributed by atoms with Crippen LogP contribution in [0.1, 0.15) is 36.5 Å². The van der Waals surface area contributed by atoms with Crippen molar-refractivity contribution in [1.29, 1.82) is 0 Å². The first-order valence-electron chi connectivity index (χ1n) is 6.13. The minimum atomic E-state index is 0.110. The Labute approximate surface area is 117 Å². The third kappa shape index (κ3) is 4.33. The molecule has 100 valence electrons. The van der Waals surface area contributed by atoms with Crippen molar-refractivity contribution < 1.29 is 14.3 Å². The fourth-order valence-corrected chi connectivity index (χ4v) is 1.94. The van der Waals surface area contributed by atoms with Gasteiger partial charge in [-0.2, -0.15) is 0 Å². The molecule has 0 N–H and O–H groups in total. The SMILES string of the molecule is CCC(=O)c1ccc(OCCCCBr)c(OC)c1. The molecule has 3 nitrogen and oxygen atoms in total. The summed E-state index contributed by atoms with van der Waals surface area (Å²) in [6.07, 6.45) is 2.56.